The van der Waals surface area contributed by atoms with Gasteiger partial charge in [-0.15, -0.1) is 11.3 Å². The molecule has 2 fully saturated rings. The fourth-order valence-electron chi connectivity index (χ4n) is 6.57. The minimum atomic E-state index is 0.565. The summed E-state index contributed by atoms with van der Waals surface area (Å²) in [5.74, 6) is 1.68. The van der Waals surface area contributed by atoms with E-state index in [1.54, 1.807) is 0 Å². The molecule has 2 saturated heterocycles. The summed E-state index contributed by atoms with van der Waals surface area (Å²) in [4.78, 5) is 12.0. The Kier molecular flexibility index (Phi) is 7.50. The standard InChI is InChI=1S/C35H38N4S/c1-2-4-20-39(19-3-1)35-24-29(14-18-38-35)27-10-12-34-31(22-27)30-21-26(9-11-33(30)40-34)28-13-17-37-32(23-28)25-7-5-15-36-16-6-8-25/h9-14,17-18,21-25,36H,1-8,15-16,19-20H2. The number of hydrogen-bond donors (Lipinski definition) is 1. The highest BCUT2D eigenvalue weighted by Gasteiger charge is 2.17. The smallest absolute Gasteiger partial charge is 0.129 e. The first kappa shape index (κ1) is 25.7. The van der Waals surface area contributed by atoms with E-state index in [9.17, 15) is 0 Å². The Hall–Kier alpha value is -3.28. The molecule has 3 aromatic heterocycles. The van der Waals surface area contributed by atoms with Crippen molar-refractivity contribution in [2.75, 3.05) is 31.1 Å². The highest BCUT2D eigenvalue weighted by Crippen LogP contribution is 2.39. The molecule has 0 radical (unpaired) electrons. The van der Waals surface area contributed by atoms with Crippen molar-refractivity contribution in [3.8, 4) is 22.3 Å². The van der Waals surface area contributed by atoms with Crippen molar-refractivity contribution >= 4 is 37.3 Å². The molecular weight excluding hydrogens is 508 g/mol. The molecule has 0 aliphatic carbocycles. The van der Waals surface area contributed by atoms with Gasteiger partial charge in [0.25, 0.3) is 0 Å². The Bertz CT molecular complexity index is 1610. The lowest BCUT2D eigenvalue weighted by Gasteiger charge is -2.21. The van der Waals surface area contributed by atoms with E-state index < -0.39 is 0 Å². The number of benzene rings is 2. The first-order chi connectivity index (χ1) is 19.8. The fourth-order valence-corrected chi connectivity index (χ4v) is 7.64. The zero-order valence-electron chi connectivity index (χ0n) is 23.2. The van der Waals surface area contributed by atoms with Gasteiger partial charge in [0.1, 0.15) is 5.82 Å². The van der Waals surface area contributed by atoms with Crippen LogP contribution in [0.4, 0.5) is 5.82 Å². The SMILES string of the molecule is c1cc(-c2ccc3sc4ccc(-c5ccnc(N6CCCCCC6)c5)cc4c3c2)cc(C2CCCNCCC2)n1. The van der Waals surface area contributed by atoms with Gasteiger partial charge in [0, 0.05) is 57.3 Å². The van der Waals surface area contributed by atoms with E-state index in [4.69, 9.17) is 9.97 Å². The first-order valence-electron chi connectivity index (χ1n) is 15.2. The van der Waals surface area contributed by atoms with E-state index in [2.05, 4.69) is 70.9 Å². The molecule has 4 nitrogen and oxygen atoms in total. The van der Waals surface area contributed by atoms with Crippen LogP contribution in [-0.4, -0.2) is 36.1 Å². The third kappa shape index (κ3) is 5.37. The summed E-state index contributed by atoms with van der Waals surface area (Å²) >= 11 is 1.89. The predicted octanol–water partition coefficient (Wildman–Crippen LogP) is 8.81. The molecule has 0 unspecified atom stereocenters. The molecule has 7 rings (SSSR count). The van der Waals surface area contributed by atoms with E-state index in [1.807, 2.05) is 23.7 Å². The average Bonchev–Trinajstić information content (AvgIpc) is 3.13. The second-order valence-corrected chi connectivity index (χ2v) is 12.6. The summed E-state index contributed by atoms with van der Waals surface area (Å²) in [7, 11) is 0. The fraction of sp³-hybridized carbons (Fsp3) is 0.371. The second kappa shape index (κ2) is 11.7. The average molecular weight is 547 g/mol. The van der Waals surface area contributed by atoms with Gasteiger partial charge in [-0.25, -0.2) is 4.98 Å². The van der Waals surface area contributed by atoms with Crippen LogP contribution in [0.3, 0.4) is 0 Å². The maximum atomic E-state index is 4.83. The van der Waals surface area contributed by atoms with Crippen molar-refractivity contribution in [3.63, 3.8) is 0 Å². The van der Waals surface area contributed by atoms with Crippen LogP contribution in [0.15, 0.2) is 73.1 Å². The van der Waals surface area contributed by atoms with E-state index in [1.165, 1.54) is 99.5 Å². The zero-order valence-corrected chi connectivity index (χ0v) is 24.1. The molecule has 2 aliphatic heterocycles. The summed E-state index contributed by atoms with van der Waals surface area (Å²) in [5.41, 5.74) is 6.33. The van der Waals surface area contributed by atoms with Crippen LogP contribution in [0.5, 0.6) is 0 Å². The molecule has 2 aromatic carbocycles. The largest absolute Gasteiger partial charge is 0.357 e. The molecule has 204 valence electrons. The second-order valence-electron chi connectivity index (χ2n) is 11.5. The van der Waals surface area contributed by atoms with Crippen LogP contribution in [0.2, 0.25) is 0 Å². The molecule has 5 aromatic rings. The monoisotopic (exact) mass is 546 g/mol. The summed E-state index contributed by atoms with van der Waals surface area (Å²) in [6.07, 6.45) is 14.1. The maximum absolute atomic E-state index is 4.83. The van der Waals surface area contributed by atoms with Crippen LogP contribution in [-0.2, 0) is 0 Å². The summed E-state index contributed by atoms with van der Waals surface area (Å²) in [6.45, 7) is 4.47. The van der Waals surface area contributed by atoms with Crippen LogP contribution in [0.25, 0.3) is 42.4 Å². The number of rotatable bonds is 4. The first-order valence-corrected chi connectivity index (χ1v) is 16.0. The van der Waals surface area contributed by atoms with Crippen molar-refractivity contribution < 1.29 is 0 Å². The Balaban J connectivity index is 1.22. The molecule has 5 heterocycles. The number of nitrogens with zero attached hydrogens (tertiary/aromatic N) is 3. The number of anilines is 1. The lowest BCUT2D eigenvalue weighted by molar-refractivity contribution is 0.460. The van der Waals surface area contributed by atoms with Crippen molar-refractivity contribution in [2.24, 2.45) is 0 Å². The zero-order chi connectivity index (χ0) is 26.7. The topological polar surface area (TPSA) is 41.1 Å². The molecule has 0 atom stereocenters. The van der Waals surface area contributed by atoms with Gasteiger partial charge in [-0.2, -0.15) is 0 Å². The molecular formula is C35H38N4S. The molecule has 0 spiro atoms. The molecule has 1 N–H and O–H groups in total. The lowest BCUT2D eigenvalue weighted by Crippen LogP contribution is -2.24. The van der Waals surface area contributed by atoms with Gasteiger partial charge in [0.05, 0.1) is 0 Å². The molecule has 0 bridgehead atoms. The van der Waals surface area contributed by atoms with Crippen LogP contribution < -0.4 is 10.2 Å². The Morgan fingerprint density at radius 1 is 0.625 bits per heavy atom. The van der Waals surface area contributed by atoms with Crippen LogP contribution in [0.1, 0.15) is 63.0 Å². The third-order valence-electron chi connectivity index (χ3n) is 8.82. The van der Waals surface area contributed by atoms with Gasteiger partial charge in [-0.05, 0) is 122 Å². The Morgan fingerprint density at radius 2 is 1.23 bits per heavy atom. The number of hydrogen-bond acceptors (Lipinski definition) is 5. The van der Waals surface area contributed by atoms with Crippen LogP contribution >= 0.6 is 11.3 Å². The van der Waals surface area contributed by atoms with Crippen molar-refractivity contribution in [3.05, 3.63) is 78.8 Å². The van der Waals surface area contributed by atoms with Gasteiger partial charge in [0.2, 0.25) is 0 Å². The lowest BCUT2D eigenvalue weighted by atomic mass is 9.91. The van der Waals surface area contributed by atoms with Gasteiger partial charge < -0.3 is 10.2 Å². The normalized spacial score (nSPS) is 17.6. The van der Waals surface area contributed by atoms with Crippen molar-refractivity contribution in [2.45, 2.75) is 57.3 Å². The minimum absolute atomic E-state index is 0.565. The number of pyridine rings is 2. The number of fused-ring (bicyclic) bond motifs is 3. The van der Waals surface area contributed by atoms with E-state index in [-0.39, 0.29) is 0 Å². The molecule has 5 heteroatoms. The van der Waals surface area contributed by atoms with Gasteiger partial charge in [-0.3, -0.25) is 4.98 Å². The predicted molar refractivity (Wildman–Crippen MR) is 171 cm³/mol. The van der Waals surface area contributed by atoms with E-state index in [0.29, 0.717) is 5.92 Å². The van der Waals surface area contributed by atoms with Gasteiger partial charge in [-0.1, -0.05) is 25.0 Å². The highest BCUT2D eigenvalue weighted by molar-refractivity contribution is 7.25. The Morgan fingerprint density at radius 3 is 1.90 bits per heavy atom. The molecule has 0 saturated carbocycles. The number of thiophene rings is 1. The summed E-state index contributed by atoms with van der Waals surface area (Å²) in [5, 5.41) is 6.22. The van der Waals surface area contributed by atoms with E-state index in [0.717, 1.165) is 32.0 Å². The van der Waals surface area contributed by atoms with Crippen molar-refractivity contribution in [1.29, 1.82) is 0 Å². The van der Waals surface area contributed by atoms with Crippen LogP contribution in [0, 0.1) is 0 Å². The minimum Gasteiger partial charge on any atom is -0.357 e. The molecule has 40 heavy (non-hydrogen) atoms. The highest BCUT2D eigenvalue weighted by atomic mass is 32.1. The summed E-state index contributed by atoms with van der Waals surface area (Å²) in [6, 6.07) is 22.9. The van der Waals surface area contributed by atoms with E-state index >= 15 is 0 Å². The summed E-state index contributed by atoms with van der Waals surface area (Å²) < 4.78 is 2.69. The van der Waals surface area contributed by atoms with Gasteiger partial charge in [0.15, 0.2) is 0 Å². The quantitative estimate of drug-likeness (QED) is 0.245. The number of nitrogens with one attached hydrogen (secondary N) is 1. The third-order valence-corrected chi connectivity index (χ3v) is 9.97. The Labute approximate surface area is 241 Å². The van der Waals surface area contributed by atoms with Crippen molar-refractivity contribution in [1.82, 2.24) is 15.3 Å². The number of aromatic nitrogens is 2. The molecule has 0 amide bonds. The molecule has 2 aliphatic rings. The maximum Gasteiger partial charge on any atom is 0.129 e. The van der Waals surface area contributed by atoms with Gasteiger partial charge >= 0.3 is 0 Å².